The predicted molar refractivity (Wildman–Crippen MR) is 95.4 cm³/mol. The molecule has 3 aliphatic carbocycles. The number of likely N-dealkylation sites (tertiary alicyclic amines) is 1. The topological polar surface area (TPSA) is 73.2 Å². The number of nitrogens with zero attached hydrogens (tertiary/aromatic N) is 1. The zero-order valence-corrected chi connectivity index (χ0v) is 15.0. The van der Waals surface area contributed by atoms with Crippen molar-refractivity contribution in [3.63, 3.8) is 0 Å². The smallest absolute Gasteiger partial charge is 0.165 e. The van der Waals surface area contributed by atoms with E-state index in [2.05, 4.69) is 4.90 Å². The number of aliphatic hydroxyl groups is 2. The lowest BCUT2D eigenvalue weighted by atomic mass is 9.48. The van der Waals surface area contributed by atoms with Crippen LogP contribution in [0.3, 0.4) is 0 Å². The molecular weight excluding hydrogens is 330 g/mol. The number of phenolic OH excluding ortho intramolecular Hbond substituents is 1. The van der Waals surface area contributed by atoms with Gasteiger partial charge in [-0.1, -0.05) is 12.5 Å². The second kappa shape index (κ2) is 4.94. The molecule has 5 atom stereocenters. The van der Waals surface area contributed by atoms with Gasteiger partial charge in [-0.2, -0.15) is 0 Å². The average Bonchev–Trinajstić information content (AvgIpc) is 2.93. The molecule has 1 aromatic rings. The molecule has 2 saturated carbocycles. The summed E-state index contributed by atoms with van der Waals surface area (Å²) < 4.78 is 6.16. The van der Waals surface area contributed by atoms with Crippen molar-refractivity contribution in [3.8, 4) is 11.5 Å². The maximum Gasteiger partial charge on any atom is 0.165 e. The maximum absolute atomic E-state index is 12.1. The molecule has 3 N–H and O–H groups in total. The molecule has 2 bridgehead atoms. The fraction of sp³-hybridized carbons (Fsp3) is 0.714. The van der Waals surface area contributed by atoms with Gasteiger partial charge in [0, 0.05) is 18.2 Å². The second-order valence-electron chi connectivity index (χ2n) is 9.25. The zero-order chi connectivity index (χ0) is 17.7. The van der Waals surface area contributed by atoms with Crippen LogP contribution in [0.5, 0.6) is 11.5 Å². The van der Waals surface area contributed by atoms with Gasteiger partial charge in [0.25, 0.3) is 0 Å². The molecular formula is C21H27NO4. The van der Waals surface area contributed by atoms with E-state index in [0.29, 0.717) is 18.6 Å². The molecule has 26 heavy (non-hydrogen) atoms. The van der Waals surface area contributed by atoms with Crippen molar-refractivity contribution < 1.29 is 20.1 Å². The van der Waals surface area contributed by atoms with Crippen molar-refractivity contribution in [2.75, 3.05) is 13.1 Å². The summed E-state index contributed by atoms with van der Waals surface area (Å²) in [7, 11) is 0. The number of aliphatic hydroxyl groups excluding tert-OH is 1. The fourth-order valence-electron chi connectivity index (χ4n) is 6.83. The van der Waals surface area contributed by atoms with Crippen molar-refractivity contribution in [3.05, 3.63) is 23.3 Å². The average molecular weight is 357 g/mol. The molecule has 6 rings (SSSR count). The summed E-state index contributed by atoms with van der Waals surface area (Å²) in [5.74, 6) is 1.42. The third-order valence-electron chi connectivity index (χ3n) is 8.26. The van der Waals surface area contributed by atoms with Gasteiger partial charge in [-0.15, -0.1) is 0 Å². The van der Waals surface area contributed by atoms with Crippen molar-refractivity contribution in [1.82, 2.24) is 4.90 Å². The van der Waals surface area contributed by atoms with Gasteiger partial charge in [0.15, 0.2) is 11.5 Å². The van der Waals surface area contributed by atoms with E-state index in [1.165, 1.54) is 24.8 Å². The monoisotopic (exact) mass is 357 g/mol. The summed E-state index contributed by atoms with van der Waals surface area (Å²) in [6.07, 6.45) is 5.68. The van der Waals surface area contributed by atoms with E-state index in [0.717, 1.165) is 37.4 Å². The van der Waals surface area contributed by atoms with Crippen LogP contribution in [-0.4, -0.2) is 57.2 Å². The number of hydrogen-bond acceptors (Lipinski definition) is 5. The third kappa shape index (κ3) is 1.64. The standard InChI is InChI=1S/C21H27NO4/c23-14-5-4-13-10-16-21(25)7-6-15(24)19-20(21,17(13)18(14)26-19)8-9-22(16)11-12-2-1-3-12/h4-5,12,15-16,19,23-25H,1-3,6-11H2/t15-,16+,19-,20-,21-/m0/s1. The first-order chi connectivity index (χ1) is 12.5. The molecule has 0 amide bonds. The molecule has 3 fully saturated rings. The minimum atomic E-state index is -0.884. The van der Waals surface area contributed by atoms with Gasteiger partial charge in [0.1, 0.15) is 6.10 Å². The highest BCUT2D eigenvalue weighted by molar-refractivity contribution is 5.62. The molecule has 2 heterocycles. The Morgan fingerprint density at radius 3 is 2.81 bits per heavy atom. The molecule has 0 aromatic heterocycles. The van der Waals surface area contributed by atoms with Gasteiger partial charge >= 0.3 is 0 Å². The molecule has 1 aromatic carbocycles. The van der Waals surface area contributed by atoms with Crippen LogP contribution < -0.4 is 4.74 Å². The van der Waals surface area contributed by atoms with E-state index in [1.807, 2.05) is 6.07 Å². The number of phenols is 1. The molecule has 1 saturated heterocycles. The molecule has 5 heteroatoms. The van der Waals surface area contributed by atoms with E-state index >= 15 is 0 Å². The van der Waals surface area contributed by atoms with Crippen LogP contribution in [0, 0.1) is 5.92 Å². The van der Waals surface area contributed by atoms with E-state index in [9.17, 15) is 15.3 Å². The predicted octanol–water partition coefficient (Wildman–Crippen LogP) is 1.71. The van der Waals surface area contributed by atoms with Crippen molar-refractivity contribution >= 4 is 0 Å². The van der Waals surface area contributed by atoms with Crippen LogP contribution in [0.4, 0.5) is 0 Å². The summed E-state index contributed by atoms with van der Waals surface area (Å²) in [4.78, 5) is 2.53. The molecule has 0 unspecified atom stereocenters. The second-order valence-corrected chi connectivity index (χ2v) is 9.25. The van der Waals surface area contributed by atoms with Crippen molar-refractivity contribution in [1.29, 1.82) is 0 Å². The summed E-state index contributed by atoms with van der Waals surface area (Å²) in [5.41, 5.74) is 0.712. The van der Waals surface area contributed by atoms with Gasteiger partial charge in [-0.05, 0) is 62.6 Å². The van der Waals surface area contributed by atoms with E-state index in [-0.39, 0.29) is 11.8 Å². The largest absolute Gasteiger partial charge is 0.504 e. The van der Waals surface area contributed by atoms with Gasteiger partial charge in [0.05, 0.1) is 17.1 Å². The summed E-state index contributed by atoms with van der Waals surface area (Å²) in [6, 6.07) is 3.80. The summed E-state index contributed by atoms with van der Waals surface area (Å²) >= 11 is 0. The molecule has 1 spiro atoms. The normalized spacial score (nSPS) is 43.5. The minimum absolute atomic E-state index is 0.0819. The highest BCUT2D eigenvalue weighted by Gasteiger charge is 2.72. The highest BCUT2D eigenvalue weighted by Crippen LogP contribution is 2.65. The van der Waals surface area contributed by atoms with Crippen LogP contribution in [0.1, 0.15) is 49.7 Å². The number of piperidine rings is 1. The third-order valence-corrected chi connectivity index (χ3v) is 8.26. The van der Waals surface area contributed by atoms with E-state index in [4.69, 9.17) is 4.74 Å². The Morgan fingerprint density at radius 2 is 2.04 bits per heavy atom. The SMILES string of the molecule is Oc1ccc2c3c1O[C@H]1[C@@H](O)CC[C@]4(O)[C@@H](C2)N(CC2CCC2)CC[C@]314. The van der Waals surface area contributed by atoms with Gasteiger partial charge in [-0.3, -0.25) is 4.90 Å². The lowest BCUT2D eigenvalue weighted by molar-refractivity contribution is -0.209. The summed E-state index contributed by atoms with van der Waals surface area (Å²) in [6.45, 7) is 2.02. The number of ether oxygens (including phenoxy) is 1. The van der Waals surface area contributed by atoms with Crippen molar-refractivity contribution in [2.45, 2.75) is 74.2 Å². The molecule has 140 valence electrons. The maximum atomic E-state index is 12.1. The Labute approximate surface area is 153 Å². The minimum Gasteiger partial charge on any atom is -0.504 e. The van der Waals surface area contributed by atoms with Crippen LogP contribution in [0.25, 0.3) is 0 Å². The van der Waals surface area contributed by atoms with Crippen LogP contribution in [0.15, 0.2) is 12.1 Å². The first-order valence-corrected chi connectivity index (χ1v) is 10.2. The van der Waals surface area contributed by atoms with Crippen LogP contribution in [-0.2, 0) is 11.8 Å². The number of hydrogen-bond donors (Lipinski definition) is 3. The highest BCUT2D eigenvalue weighted by atomic mass is 16.5. The zero-order valence-electron chi connectivity index (χ0n) is 15.0. The Kier molecular flexibility index (Phi) is 2.99. The van der Waals surface area contributed by atoms with E-state index in [1.54, 1.807) is 6.07 Å². The Morgan fingerprint density at radius 1 is 1.19 bits per heavy atom. The molecule has 0 radical (unpaired) electrons. The Hall–Kier alpha value is -1.30. The fourth-order valence-corrected chi connectivity index (χ4v) is 6.83. The quantitative estimate of drug-likeness (QED) is 0.751. The first kappa shape index (κ1) is 15.7. The van der Waals surface area contributed by atoms with Gasteiger partial charge < -0.3 is 20.1 Å². The number of rotatable bonds is 2. The molecule has 2 aliphatic heterocycles. The van der Waals surface area contributed by atoms with Crippen LogP contribution >= 0.6 is 0 Å². The molecule has 5 nitrogen and oxygen atoms in total. The molecule has 5 aliphatic rings. The van der Waals surface area contributed by atoms with Crippen molar-refractivity contribution in [2.24, 2.45) is 5.92 Å². The number of benzene rings is 1. The lowest BCUT2D eigenvalue weighted by Crippen LogP contribution is -2.77. The number of aromatic hydroxyl groups is 1. The van der Waals surface area contributed by atoms with Gasteiger partial charge in [0.2, 0.25) is 0 Å². The lowest BCUT2D eigenvalue weighted by Gasteiger charge is -2.64. The Balaban J connectivity index is 1.52. The van der Waals surface area contributed by atoms with Crippen LogP contribution in [0.2, 0.25) is 0 Å². The summed E-state index contributed by atoms with van der Waals surface area (Å²) in [5, 5.41) is 33.2. The van der Waals surface area contributed by atoms with E-state index < -0.39 is 23.2 Å². The first-order valence-electron chi connectivity index (χ1n) is 10.2. The van der Waals surface area contributed by atoms with Gasteiger partial charge in [-0.25, -0.2) is 0 Å². The Bertz CT molecular complexity index is 778.